The van der Waals surface area contributed by atoms with Gasteiger partial charge in [-0.2, -0.15) is 5.26 Å². The van der Waals surface area contributed by atoms with E-state index < -0.39 is 6.43 Å². The average molecular weight is 212 g/mol. The van der Waals surface area contributed by atoms with Gasteiger partial charge in [-0.3, -0.25) is 4.98 Å². The van der Waals surface area contributed by atoms with Crippen LogP contribution in [0.1, 0.15) is 23.2 Å². The smallest absolute Gasteiger partial charge is 0.280 e. The quantitative estimate of drug-likeness (QED) is 0.772. The summed E-state index contributed by atoms with van der Waals surface area (Å²) in [5, 5.41) is 8.56. The molecule has 0 saturated heterocycles. The largest absolute Gasteiger partial charge is 0.496 e. The van der Waals surface area contributed by atoms with E-state index in [4.69, 9.17) is 10.00 Å². The highest BCUT2D eigenvalue weighted by atomic mass is 19.3. The molecule has 0 unspecified atom stereocenters. The van der Waals surface area contributed by atoms with E-state index in [-0.39, 0.29) is 17.7 Å². The monoisotopic (exact) mass is 212 g/mol. The number of aryl methyl sites for hydroxylation is 1. The summed E-state index contributed by atoms with van der Waals surface area (Å²) in [7, 11) is 1.39. The predicted molar refractivity (Wildman–Crippen MR) is 49.8 cm³/mol. The Balaban J connectivity index is 3.36. The van der Waals surface area contributed by atoms with Crippen LogP contribution in [-0.2, 0) is 6.42 Å². The predicted octanol–water partition coefficient (Wildman–Crippen LogP) is 2.40. The van der Waals surface area contributed by atoms with E-state index in [2.05, 4.69) is 4.98 Å². The summed E-state index contributed by atoms with van der Waals surface area (Å²) >= 11 is 0. The van der Waals surface area contributed by atoms with Gasteiger partial charge in [0.1, 0.15) is 11.4 Å². The fourth-order valence-corrected chi connectivity index (χ4v) is 1.38. The molecule has 0 spiro atoms. The van der Waals surface area contributed by atoms with Crippen molar-refractivity contribution in [2.45, 2.75) is 19.8 Å². The van der Waals surface area contributed by atoms with Gasteiger partial charge in [-0.15, -0.1) is 0 Å². The zero-order valence-electron chi connectivity index (χ0n) is 8.42. The number of rotatable bonds is 3. The van der Waals surface area contributed by atoms with Crippen molar-refractivity contribution in [3.63, 3.8) is 0 Å². The van der Waals surface area contributed by atoms with Crippen molar-refractivity contribution in [1.29, 1.82) is 5.26 Å². The molecule has 1 aromatic heterocycles. The molecule has 0 aliphatic heterocycles. The summed E-state index contributed by atoms with van der Waals surface area (Å²) in [4.78, 5) is 3.62. The fourth-order valence-electron chi connectivity index (χ4n) is 1.38. The normalized spacial score (nSPS) is 10.1. The zero-order valence-corrected chi connectivity index (χ0v) is 8.42. The molecule has 5 heteroatoms. The van der Waals surface area contributed by atoms with Crippen LogP contribution in [0.2, 0.25) is 0 Å². The first-order valence-corrected chi connectivity index (χ1v) is 4.29. The SMILES string of the molecule is COc1c(C)cnc(C(F)F)c1CC#N. The van der Waals surface area contributed by atoms with E-state index in [1.165, 1.54) is 13.3 Å². The summed E-state index contributed by atoms with van der Waals surface area (Å²) in [6, 6.07) is 1.83. The van der Waals surface area contributed by atoms with Crippen molar-refractivity contribution >= 4 is 0 Å². The van der Waals surface area contributed by atoms with Crippen molar-refractivity contribution in [2.75, 3.05) is 7.11 Å². The molecule has 80 valence electrons. The van der Waals surface area contributed by atoms with Gasteiger partial charge in [0.25, 0.3) is 6.43 Å². The van der Waals surface area contributed by atoms with Gasteiger partial charge in [0.2, 0.25) is 0 Å². The van der Waals surface area contributed by atoms with Gasteiger partial charge >= 0.3 is 0 Å². The van der Waals surface area contributed by atoms with Crippen LogP contribution in [0.15, 0.2) is 6.20 Å². The number of alkyl halides is 2. The lowest BCUT2D eigenvalue weighted by Gasteiger charge is -2.12. The summed E-state index contributed by atoms with van der Waals surface area (Å²) in [6.45, 7) is 1.70. The van der Waals surface area contributed by atoms with E-state index in [0.717, 1.165) is 0 Å². The van der Waals surface area contributed by atoms with Gasteiger partial charge < -0.3 is 4.74 Å². The Labute approximate surface area is 86.3 Å². The van der Waals surface area contributed by atoms with E-state index in [0.29, 0.717) is 11.3 Å². The van der Waals surface area contributed by atoms with Crippen LogP contribution in [0, 0.1) is 18.3 Å². The second kappa shape index (κ2) is 4.69. The van der Waals surface area contributed by atoms with E-state index in [1.54, 1.807) is 6.92 Å². The van der Waals surface area contributed by atoms with Crippen LogP contribution in [0.25, 0.3) is 0 Å². The minimum Gasteiger partial charge on any atom is -0.496 e. The van der Waals surface area contributed by atoms with Crippen LogP contribution in [0.4, 0.5) is 8.78 Å². The van der Waals surface area contributed by atoms with E-state index in [1.807, 2.05) is 6.07 Å². The van der Waals surface area contributed by atoms with Crippen molar-refractivity contribution < 1.29 is 13.5 Å². The lowest BCUT2D eigenvalue weighted by molar-refractivity contribution is 0.144. The molecule has 0 aromatic carbocycles. The Morgan fingerprint density at radius 2 is 2.27 bits per heavy atom. The lowest BCUT2D eigenvalue weighted by atomic mass is 10.1. The maximum absolute atomic E-state index is 12.6. The van der Waals surface area contributed by atoms with E-state index >= 15 is 0 Å². The fraction of sp³-hybridized carbons (Fsp3) is 0.400. The Hall–Kier alpha value is -1.70. The van der Waals surface area contributed by atoms with Gasteiger partial charge in [0.15, 0.2) is 0 Å². The Bertz CT molecular complexity index is 399. The van der Waals surface area contributed by atoms with Crippen LogP contribution in [-0.4, -0.2) is 12.1 Å². The number of nitriles is 1. The summed E-state index contributed by atoms with van der Waals surface area (Å²) in [5.74, 6) is 0.321. The third-order valence-electron chi connectivity index (χ3n) is 2.01. The molecule has 0 atom stereocenters. The van der Waals surface area contributed by atoms with Crippen molar-refractivity contribution in [2.24, 2.45) is 0 Å². The van der Waals surface area contributed by atoms with Crippen LogP contribution >= 0.6 is 0 Å². The summed E-state index contributed by atoms with van der Waals surface area (Å²) in [5.41, 5.74) is 0.446. The summed E-state index contributed by atoms with van der Waals surface area (Å²) < 4.78 is 30.1. The molecule has 0 radical (unpaired) electrons. The number of ether oxygens (including phenoxy) is 1. The molecule has 3 nitrogen and oxygen atoms in total. The number of pyridine rings is 1. The Morgan fingerprint density at radius 1 is 1.60 bits per heavy atom. The molecule has 0 saturated carbocycles. The highest BCUT2D eigenvalue weighted by Crippen LogP contribution is 2.30. The molecular weight excluding hydrogens is 202 g/mol. The van der Waals surface area contributed by atoms with Crippen LogP contribution in [0.3, 0.4) is 0 Å². The minimum atomic E-state index is -2.69. The number of aromatic nitrogens is 1. The first-order chi connectivity index (χ1) is 7.11. The Morgan fingerprint density at radius 3 is 2.73 bits per heavy atom. The Kier molecular flexibility index (Phi) is 3.56. The molecular formula is C10H10F2N2O. The molecule has 0 N–H and O–H groups in total. The van der Waals surface area contributed by atoms with Crippen molar-refractivity contribution in [3.8, 4) is 11.8 Å². The number of nitrogens with zero attached hydrogens (tertiary/aromatic N) is 2. The van der Waals surface area contributed by atoms with Gasteiger partial charge in [-0.05, 0) is 6.92 Å². The number of hydrogen-bond donors (Lipinski definition) is 0. The minimum absolute atomic E-state index is 0.127. The zero-order chi connectivity index (χ0) is 11.4. The topological polar surface area (TPSA) is 45.9 Å². The van der Waals surface area contributed by atoms with Gasteiger partial charge in [-0.1, -0.05) is 0 Å². The van der Waals surface area contributed by atoms with Gasteiger partial charge in [-0.25, -0.2) is 8.78 Å². The summed E-state index contributed by atoms with van der Waals surface area (Å²) in [6.07, 6.45) is -1.50. The molecule has 0 aliphatic carbocycles. The molecule has 1 aromatic rings. The molecule has 1 rings (SSSR count). The van der Waals surface area contributed by atoms with E-state index in [9.17, 15) is 8.78 Å². The third-order valence-corrected chi connectivity index (χ3v) is 2.01. The molecule has 1 heterocycles. The number of halogens is 2. The number of hydrogen-bond acceptors (Lipinski definition) is 3. The first kappa shape index (κ1) is 11.4. The third kappa shape index (κ3) is 2.21. The first-order valence-electron chi connectivity index (χ1n) is 4.29. The maximum Gasteiger partial charge on any atom is 0.280 e. The molecule has 0 fully saturated rings. The van der Waals surface area contributed by atoms with Gasteiger partial charge in [0, 0.05) is 17.3 Å². The molecule has 0 bridgehead atoms. The van der Waals surface area contributed by atoms with Crippen molar-refractivity contribution in [3.05, 3.63) is 23.0 Å². The highest BCUT2D eigenvalue weighted by molar-refractivity contribution is 5.43. The lowest BCUT2D eigenvalue weighted by Crippen LogP contribution is -2.03. The van der Waals surface area contributed by atoms with Gasteiger partial charge in [0.05, 0.1) is 19.6 Å². The maximum atomic E-state index is 12.6. The van der Waals surface area contributed by atoms with Crippen LogP contribution in [0.5, 0.6) is 5.75 Å². The second-order valence-electron chi connectivity index (χ2n) is 2.97. The average Bonchev–Trinajstić information content (AvgIpc) is 2.18. The standard InChI is InChI=1S/C10H10F2N2O/c1-6-5-14-8(10(11)12)7(3-4-13)9(6)15-2/h5,10H,3H2,1-2H3. The highest BCUT2D eigenvalue weighted by Gasteiger charge is 2.19. The molecule has 0 aliphatic rings. The molecule has 15 heavy (non-hydrogen) atoms. The number of methoxy groups -OCH3 is 1. The van der Waals surface area contributed by atoms with Crippen molar-refractivity contribution in [1.82, 2.24) is 4.98 Å². The second-order valence-corrected chi connectivity index (χ2v) is 2.97. The molecule has 0 amide bonds. The van der Waals surface area contributed by atoms with Crippen LogP contribution < -0.4 is 4.74 Å².